The van der Waals surface area contributed by atoms with Crippen molar-refractivity contribution in [3.63, 3.8) is 0 Å². The molecule has 0 aliphatic carbocycles. The first-order valence-electron chi connectivity index (χ1n) is 8.85. The number of rotatable bonds is 6. The molecule has 6 heteroatoms. The minimum absolute atomic E-state index is 0.446. The first kappa shape index (κ1) is 17.1. The Kier molecular flexibility index (Phi) is 4.72. The number of hydrogen-bond acceptors (Lipinski definition) is 5. The lowest BCUT2D eigenvalue weighted by molar-refractivity contribution is 0.328. The molecule has 0 spiro atoms. The molecule has 0 bridgehead atoms. The number of hydrogen-bond donors (Lipinski definition) is 3. The summed E-state index contributed by atoms with van der Waals surface area (Å²) in [5, 5.41) is 11.7. The highest BCUT2D eigenvalue weighted by Gasteiger charge is 2.11. The van der Waals surface area contributed by atoms with Crippen molar-refractivity contribution < 1.29 is 4.74 Å². The fourth-order valence-electron chi connectivity index (χ4n) is 3.01. The Balaban J connectivity index is 1.75. The third-order valence-corrected chi connectivity index (χ3v) is 4.32. The number of pyridine rings is 1. The van der Waals surface area contributed by atoms with Gasteiger partial charge in [0.05, 0.1) is 11.2 Å². The van der Waals surface area contributed by atoms with Gasteiger partial charge < -0.3 is 15.8 Å². The fraction of sp³-hybridized carbons (Fsp3) is 0.143. The Hall–Kier alpha value is -3.38. The predicted octanol–water partition coefficient (Wildman–Crippen LogP) is 4.01. The van der Waals surface area contributed by atoms with Crippen LogP contribution in [0.15, 0.2) is 60.7 Å². The quantitative estimate of drug-likeness (QED) is 0.484. The Morgan fingerprint density at radius 1 is 1.07 bits per heavy atom. The molecule has 0 aliphatic rings. The van der Waals surface area contributed by atoms with Crippen molar-refractivity contribution in [1.82, 2.24) is 15.2 Å². The number of nitrogens with zero attached hydrogens (tertiary/aromatic N) is 2. The van der Waals surface area contributed by atoms with Gasteiger partial charge in [-0.1, -0.05) is 36.4 Å². The van der Waals surface area contributed by atoms with Gasteiger partial charge in [-0.2, -0.15) is 5.10 Å². The summed E-state index contributed by atoms with van der Waals surface area (Å²) in [6.45, 7) is 2.97. The predicted molar refractivity (Wildman–Crippen MR) is 108 cm³/mol. The van der Waals surface area contributed by atoms with Gasteiger partial charge in [0.2, 0.25) is 0 Å². The van der Waals surface area contributed by atoms with Crippen LogP contribution in [-0.4, -0.2) is 28.3 Å². The van der Waals surface area contributed by atoms with Gasteiger partial charge in [0.25, 0.3) is 0 Å². The summed E-state index contributed by atoms with van der Waals surface area (Å²) in [5.74, 6) is 2.11. The van der Waals surface area contributed by atoms with E-state index in [0.29, 0.717) is 19.0 Å². The van der Waals surface area contributed by atoms with Crippen LogP contribution in [0.2, 0.25) is 0 Å². The average molecular weight is 359 g/mol. The van der Waals surface area contributed by atoms with E-state index in [2.05, 4.69) is 34.6 Å². The lowest BCUT2D eigenvalue weighted by Crippen LogP contribution is -2.11. The molecule has 0 saturated carbocycles. The second-order valence-corrected chi connectivity index (χ2v) is 6.27. The topological polar surface area (TPSA) is 88.9 Å². The minimum Gasteiger partial charge on any atom is -0.492 e. The monoisotopic (exact) mass is 359 g/mol. The number of nitrogens with one attached hydrogen (secondary N) is 2. The molecule has 0 aliphatic heterocycles. The van der Waals surface area contributed by atoms with E-state index < -0.39 is 0 Å². The number of anilines is 2. The maximum atomic E-state index is 5.77. The highest BCUT2D eigenvalue weighted by molar-refractivity contribution is 5.91. The van der Waals surface area contributed by atoms with Crippen LogP contribution in [0, 0.1) is 6.92 Å². The van der Waals surface area contributed by atoms with Crippen molar-refractivity contribution in [2.24, 2.45) is 5.73 Å². The van der Waals surface area contributed by atoms with Crippen LogP contribution < -0.4 is 15.8 Å². The van der Waals surface area contributed by atoms with E-state index in [1.807, 2.05) is 48.5 Å². The van der Waals surface area contributed by atoms with Gasteiger partial charge in [0, 0.05) is 29.6 Å². The lowest BCUT2D eigenvalue weighted by atomic mass is 10.1. The summed E-state index contributed by atoms with van der Waals surface area (Å²) in [5.41, 5.74) is 9.61. The highest BCUT2D eigenvalue weighted by Crippen LogP contribution is 2.30. The SMILES string of the molecule is Cc1ccccc1-c1cc(OCCN)cc(Nc2n[nH]c3ccccc23)n1. The molecule has 0 amide bonds. The molecule has 136 valence electrons. The Morgan fingerprint density at radius 3 is 2.74 bits per heavy atom. The molecule has 2 heterocycles. The van der Waals surface area contributed by atoms with Crippen LogP contribution in [0.3, 0.4) is 0 Å². The molecule has 4 N–H and O–H groups in total. The van der Waals surface area contributed by atoms with Gasteiger partial charge in [-0.25, -0.2) is 4.98 Å². The van der Waals surface area contributed by atoms with Gasteiger partial charge in [0.1, 0.15) is 18.2 Å². The van der Waals surface area contributed by atoms with Crippen LogP contribution in [0.25, 0.3) is 22.2 Å². The maximum absolute atomic E-state index is 5.77. The zero-order valence-corrected chi connectivity index (χ0v) is 15.1. The van der Waals surface area contributed by atoms with Crippen molar-refractivity contribution in [2.45, 2.75) is 6.92 Å². The molecule has 4 aromatic rings. The largest absolute Gasteiger partial charge is 0.492 e. The number of benzene rings is 2. The number of nitrogens with two attached hydrogens (primary N) is 1. The number of para-hydroxylation sites is 1. The Morgan fingerprint density at radius 2 is 1.89 bits per heavy atom. The van der Waals surface area contributed by atoms with Crippen molar-refractivity contribution in [3.05, 3.63) is 66.2 Å². The first-order chi connectivity index (χ1) is 13.2. The molecule has 0 saturated heterocycles. The number of fused-ring (bicyclic) bond motifs is 1. The molecule has 6 nitrogen and oxygen atoms in total. The molecular weight excluding hydrogens is 338 g/mol. The summed E-state index contributed by atoms with van der Waals surface area (Å²) in [7, 11) is 0. The fourth-order valence-corrected chi connectivity index (χ4v) is 3.01. The minimum atomic E-state index is 0.446. The number of aromatic nitrogens is 3. The molecule has 27 heavy (non-hydrogen) atoms. The third kappa shape index (κ3) is 3.61. The van der Waals surface area contributed by atoms with E-state index in [4.69, 9.17) is 15.5 Å². The molecule has 0 unspecified atom stereocenters. The molecule has 2 aromatic carbocycles. The summed E-state index contributed by atoms with van der Waals surface area (Å²) >= 11 is 0. The second-order valence-electron chi connectivity index (χ2n) is 6.27. The first-order valence-corrected chi connectivity index (χ1v) is 8.85. The maximum Gasteiger partial charge on any atom is 0.161 e. The molecule has 0 fully saturated rings. The Labute approximate surface area is 157 Å². The number of H-pyrrole nitrogens is 1. The summed E-state index contributed by atoms with van der Waals surface area (Å²) in [4.78, 5) is 4.78. The zero-order chi connectivity index (χ0) is 18.6. The van der Waals surface area contributed by atoms with Crippen molar-refractivity contribution in [3.8, 4) is 17.0 Å². The Bertz CT molecular complexity index is 1070. The molecule has 0 radical (unpaired) electrons. The smallest absolute Gasteiger partial charge is 0.161 e. The van der Waals surface area contributed by atoms with Gasteiger partial charge in [-0.3, -0.25) is 5.10 Å². The normalized spacial score (nSPS) is 10.9. The van der Waals surface area contributed by atoms with Crippen LogP contribution in [0.1, 0.15) is 5.56 Å². The zero-order valence-electron chi connectivity index (χ0n) is 15.1. The van der Waals surface area contributed by atoms with Crippen LogP contribution >= 0.6 is 0 Å². The van der Waals surface area contributed by atoms with Gasteiger partial charge in [-0.05, 0) is 24.6 Å². The molecular formula is C21H21N5O. The molecule has 0 atom stereocenters. The van der Waals surface area contributed by atoms with E-state index >= 15 is 0 Å². The van der Waals surface area contributed by atoms with Crippen molar-refractivity contribution >= 4 is 22.5 Å². The van der Waals surface area contributed by atoms with Crippen LogP contribution in [0.4, 0.5) is 11.6 Å². The van der Waals surface area contributed by atoms with Crippen molar-refractivity contribution in [1.29, 1.82) is 0 Å². The van der Waals surface area contributed by atoms with E-state index in [1.165, 1.54) is 0 Å². The van der Waals surface area contributed by atoms with Crippen molar-refractivity contribution in [2.75, 3.05) is 18.5 Å². The highest BCUT2D eigenvalue weighted by atomic mass is 16.5. The van der Waals surface area contributed by atoms with Gasteiger partial charge in [0.15, 0.2) is 5.82 Å². The number of aryl methyl sites for hydroxylation is 1. The standard InChI is InChI=1S/C21H21N5O/c1-14-6-2-3-7-16(14)19-12-15(27-11-10-22)13-20(23-19)24-21-17-8-4-5-9-18(17)25-26-21/h2-9,12-13H,10-11,22H2,1H3,(H2,23,24,25,26). The summed E-state index contributed by atoms with van der Waals surface area (Å²) < 4.78 is 5.77. The number of aromatic amines is 1. The average Bonchev–Trinajstić information content (AvgIpc) is 3.09. The van der Waals surface area contributed by atoms with E-state index in [9.17, 15) is 0 Å². The van der Waals surface area contributed by atoms with Gasteiger partial charge in [-0.15, -0.1) is 0 Å². The molecule has 2 aromatic heterocycles. The number of ether oxygens (including phenoxy) is 1. The second kappa shape index (κ2) is 7.47. The lowest BCUT2D eigenvalue weighted by Gasteiger charge is -2.12. The summed E-state index contributed by atoms with van der Waals surface area (Å²) in [6, 6.07) is 19.9. The molecule has 4 rings (SSSR count). The summed E-state index contributed by atoms with van der Waals surface area (Å²) in [6.07, 6.45) is 0. The van der Waals surface area contributed by atoms with E-state index in [1.54, 1.807) is 0 Å². The van der Waals surface area contributed by atoms with E-state index in [-0.39, 0.29) is 0 Å². The van der Waals surface area contributed by atoms with Crippen LogP contribution in [-0.2, 0) is 0 Å². The van der Waals surface area contributed by atoms with E-state index in [0.717, 1.165) is 39.3 Å². The third-order valence-electron chi connectivity index (χ3n) is 4.32. The van der Waals surface area contributed by atoms with Gasteiger partial charge >= 0.3 is 0 Å². The van der Waals surface area contributed by atoms with Crippen LogP contribution in [0.5, 0.6) is 5.75 Å².